The molecule has 0 aliphatic heterocycles. The Balaban J connectivity index is 2.13. The van der Waals surface area contributed by atoms with Crippen LogP contribution in [0.1, 0.15) is 11.1 Å². The number of benzene rings is 1. The Morgan fingerprint density at radius 1 is 1.00 bits per heavy atom. The second kappa shape index (κ2) is 5.50. The second-order valence-corrected chi connectivity index (χ2v) is 6.52. The van der Waals surface area contributed by atoms with Crippen LogP contribution in [0.25, 0.3) is 0 Å². The van der Waals surface area contributed by atoms with Crippen molar-refractivity contribution in [3.8, 4) is 0 Å². The van der Waals surface area contributed by atoms with E-state index in [-0.39, 0.29) is 11.5 Å². The zero-order chi connectivity index (χ0) is 13.0. The molecule has 0 saturated carbocycles. The first-order valence-corrected chi connectivity index (χ1v) is 7.59. The maximum absolute atomic E-state index is 12.0. The number of nitrogens with zero attached hydrogens (tertiary/aromatic N) is 1. The van der Waals surface area contributed by atoms with Gasteiger partial charge in [-0.1, -0.05) is 23.7 Å². The highest BCUT2D eigenvalue weighted by atomic mass is 35.5. The number of hydrogen-bond acceptors (Lipinski definition) is 3. The van der Waals surface area contributed by atoms with Gasteiger partial charge in [0.1, 0.15) is 0 Å². The van der Waals surface area contributed by atoms with Crippen molar-refractivity contribution >= 4 is 21.4 Å². The minimum Gasteiger partial charge on any atom is -0.265 e. The fraction of sp³-hybridized carbons (Fsp3) is 0.154. The van der Waals surface area contributed by atoms with Gasteiger partial charge >= 0.3 is 0 Å². The lowest BCUT2D eigenvalue weighted by atomic mass is 10.2. The summed E-state index contributed by atoms with van der Waals surface area (Å²) in [5.74, 6) is 0.0118. The lowest BCUT2D eigenvalue weighted by Crippen LogP contribution is -2.07. The molecule has 0 bridgehead atoms. The zero-order valence-corrected chi connectivity index (χ0v) is 11.2. The smallest absolute Gasteiger partial charge is 0.158 e. The van der Waals surface area contributed by atoms with Gasteiger partial charge in [0, 0.05) is 17.4 Å². The standard InChI is InChI=1S/C13H12ClNO2S/c14-13-3-1-2-12(8-13)10-18(16,17)9-11-4-6-15-7-5-11/h1-8H,9-10H2. The van der Waals surface area contributed by atoms with E-state index in [4.69, 9.17) is 11.6 Å². The van der Waals surface area contributed by atoms with Gasteiger partial charge in [0.05, 0.1) is 11.5 Å². The van der Waals surface area contributed by atoms with E-state index in [1.54, 1.807) is 48.8 Å². The zero-order valence-electron chi connectivity index (χ0n) is 9.58. The van der Waals surface area contributed by atoms with Crippen molar-refractivity contribution in [3.63, 3.8) is 0 Å². The van der Waals surface area contributed by atoms with Gasteiger partial charge in [0.25, 0.3) is 0 Å². The fourth-order valence-corrected chi connectivity index (χ4v) is 3.37. The highest BCUT2D eigenvalue weighted by Crippen LogP contribution is 2.15. The summed E-state index contributed by atoms with van der Waals surface area (Å²) in [6.07, 6.45) is 3.18. The number of aromatic nitrogens is 1. The highest BCUT2D eigenvalue weighted by molar-refractivity contribution is 7.89. The van der Waals surface area contributed by atoms with Gasteiger partial charge in [-0.25, -0.2) is 8.42 Å². The van der Waals surface area contributed by atoms with Crippen molar-refractivity contribution in [1.82, 2.24) is 4.98 Å². The molecule has 0 saturated heterocycles. The molecule has 0 aliphatic carbocycles. The monoisotopic (exact) mass is 281 g/mol. The lowest BCUT2D eigenvalue weighted by molar-refractivity contribution is 0.594. The molecule has 0 spiro atoms. The molecule has 0 atom stereocenters. The van der Waals surface area contributed by atoms with E-state index in [2.05, 4.69) is 4.98 Å². The van der Waals surface area contributed by atoms with Crippen LogP contribution in [0.2, 0.25) is 5.02 Å². The number of hydrogen-bond donors (Lipinski definition) is 0. The Morgan fingerprint density at radius 3 is 2.33 bits per heavy atom. The number of pyridine rings is 1. The summed E-state index contributed by atoms with van der Waals surface area (Å²) in [4.78, 5) is 3.86. The van der Waals surface area contributed by atoms with Crippen LogP contribution in [0.5, 0.6) is 0 Å². The summed E-state index contributed by atoms with van der Waals surface area (Å²) in [5.41, 5.74) is 1.45. The summed E-state index contributed by atoms with van der Waals surface area (Å²) in [6.45, 7) is 0. The van der Waals surface area contributed by atoms with E-state index in [0.717, 1.165) is 5.56 Å². The van der Waals surface area contributed by atoms with E-state index in [9.17, 15) is 8.42 Å². The van der Waals surface area contributed by atoms with Crippen LogP contribution in [0.15, 0.2) is 48.8 Å². The van der Waals surface area contributed by atoms with E-state index in [0.29, 0.717) is 10.6 Å². The maximum Gasteiger partial charge on any atom is 0.158 e. The molecule has 5 heteroatoms. The van der Waals surface area contributed by atoms with Gasteiger partial charge in [-0.3, -0.25) is 4.98 Å². The van der Waals surface area contributed by atoms with Gasteiger partial charge in [-0.15, -0.1) is 0 Å². The van der Waals surface area contributed by atoms with Gasteiger partial charge in [-0.05, 0) is 35.4 Å². The molecule has 2 rings (SSSR count). The topological polar surface area (TPSA) is 47.0 Å². The summed E-state index contributed by atoms with van der Waals surface area (Å²) in [7, 11) is -3.19. The second-order valence-electron chi connectivity index (χ2n) is 4.02. The van der Waals surface area contributed by atoms with E-state index < -0.39 is 9.84 Å². The van der Waals surface area contributed by atoms with Crippen molar-refractivity contribution in [1.29, 1.82) is 0 Å². The van der Waals surface area contributed by atoms with Gasteiger partial charge < -0.3 is 0 Å². The maximum atomic E-state index is 12.0. The van der Waals surface area contributed by atoms with Crippen molar-refractivity contribution < 1.29 is 8.42 Å². The van der Waals surface area contributed by atoms with Crippen molar-refractivity contribution in [2.24, 2.45) is 0 Å². The minimum atomic E-state index is -3.19. The molecule has 0 amide bonds. The van der Waals surface area contributed by atoms with Crippen LogP contribution in [0.4, 0.5) is 0 Å². The third kappa shape index (κ3) is 3.82. The Labute approximate surface area is 111 Å². The average molecular weight is 282 g/mol. The molecule has 0 radical (unpaired) electrons. The van der Waals surface area contributed by atoms with E-state index in [1.165, 1.54) is 0 Å². The molecule has 0 N–H and O–H groups in total. The van der Waals surface area contributed by atoms with Gasteiger partial charge in [0.15, 0.2) is 9.84 Å². The minimum absolute atomic E-state index is 0.00408. The quantitative estimate of drug-likeness (QED) is 0.866. The summed E-state index contributed by atoms with van der Waals surface area (Å²) in [6, 6.07) is 10.3. The molecule has 1 aromatic heterocycles. The molecule has 1 heterocycles. The van der Waals surface area contributed by atoms with E-state index in [1.807, 2.05) is 0 Å². The third-order valence-corrected chi connectivity index (χ3v) is 4.19. The third-order valence-electron chi connectivity index (χ3n) is 2.41. The van der Waals surface area contributed by atoms with Crippen molar-refractivity contribution in [2.75, 3.05) is 0 Å². The number of halogens is 1. The van der Waals surface area contributed by atoms with E-state index >= 15 is 0 Å². The molecule has 18 heavy (non-hydrogen) atoms. The lowest BCUT2D eigenvalue weighted by Gasteiger charge is -2.05. The molecule has 0 fully saturated rings. The summed E-state index contributed by atoms with van der Waals surface area (Å²) < 4.78 is 24.0. The van der Waals surface area contributed by atoms with Crippen LogP contribution >= 0.6 is 11.6 Å². The SMILES string of the molecule is O=S(=O)(Cc1ccncc1)Cc1cccc(Cl)c1. The Bertz CT molecular complexity index is 626. The fourth-order valence-electron chi connectivity index (χ4n) is 1.66. The Hall–Kier alpha value is -1.39. The van der Waals surface area contributed by atoms with Gasteiger partial charge in [0.2, 0.25) is 0 Å². The molecule has 94 valence electrons. The first kappa shape index (κ1) is 13.1. The van der Waals surface area contributed by atoms with Crippen LogP contribution in [0.3, 0.4) is 0 Å². The molecule has 0 unspecified atom stereocenters. The van der Waals surface area contributed by atoms with Crippen molar-refractivity contribution in [2.45, 2.75) is 11.5 Å². The van der Waals surface area contributed by atoms with Crippen LogP contribution in [-0.4, -0.2) is 13.4 Å². The summed E-state index contributed by atoms with van der Waals surface area (Å²) >= 11 is 5.83. The predicted molar refractivity (Wildman–Crippen MR) is 72.0 cm³/mol. The molecule has 3 nitrogen and oxygen atoms in total. The largest absolute Gasteiger partial charge is 0.265 e. The first-order valence-electron chi connectivity index (χ1n) is 5.39. The predicted octanol–water partition coefficient (Wildman–Crippen LogP) is 2.85. The molecular formula is C13H12ClNO2S. The Morgan fingerprint density at radius 2 is 1.67 bits per heavy atom. The molecule has 2 aromatic rings. The Kier molecular flexibility index (Phi) is 3.99. The average Bonchev–Trinajstić information content (AvgIpc) is 2.28. The molecule has 0 aliphatic rings. The molecular weight excluding hydrogens is 270 g/mol. The van der Waals surface area contributed by atoms with Gasteiger partial charge in [-0.2, -0.15) is 0 Å². The highest BCUT2D eigenvalue weighted by Gasteiger charge is 2.13. The summed E-state index contributed by atoms with van der Waals surface area (Å²) in [5, 5.41) is 0.548. The van der Waals surface area contributed by atoms with Crippen LogP contribution in [0, 0.1) is 0 Å². The number of sulfone groups is 1. The molecule has 1 aromatic carbocycles. The first-order chi connectivity index (χ1) is 8.55. The van der Waals surface area contributed by atoms with Crippen molar-refractivity contribution in [3.05, 3.63) is 64.9 Å². The van der Waals surface area contributed by atoms with Crippen LogP contribution < -0.4 is 0 Å². The normalized spacial score (nSPS) is 11.4. The van der Waals surface area contributed by atoms with Crippen LogP contribution in [-0.2, 0) is 21.3 Å². The number of rotatable bonds is 4.